The van der Waals surface area contributed by atoms with E-state index in [-0.39, 0.29) is 0 Å². The molecule has 1 heterocycles. The highest BCUT2D eigenvalue weighted by Gasteiger charge is 2.16. The van der Waals surface area contributed by atoms with E-state index in [1.54, 1.807) is 11.3 Å². The Kier molecular flexibility index (Phi) is 2.28. The highest BCUT2D eigenvalue weighted by molar-refractivity contribution is 7.15. The molecule has 0 aromatic carbocycles. The molecule has 0 aliphatic heterocycles. The maximum Gasteiger partial charge on any atom is 0.180 e. The molecule has 1 fully saturated rings. The Morgan fingerprint density at radius 1 is 1.67 bits per heavy atom. The van der Waals surface area contributed by atoms with E-state index in [0.717, 1.165) is 12.6 Å². The molecule has 0 atom stereocenters. The SMILES string of the molecule is Nc1ncc(CNC2CCC2)s1. The summed E-state index contributed by atoms with van der Waals surface area (Å²) in [4.78, 5) is 5.23. The molecule has 0 radical (unpaired) electrons. The van der Waals surface area contributed by atoms with Crippen LogP contribution in [0, 0.1) is 0 Å². The van der Waals surface area contributed by atoms with Gasteiger partial charge in [-0.15, -0.1) is 11.3 Å². The summed E-state index contributed by atoms with van der Waals surface area (Å²) in [5.41, 5.74) is 5.51. The topological polar surface area (TPSA) is 50.9 Å². The number of nitrogen functional groups attached to an aromatic ring is 1. The standard InChI is InChI=1S/C8H13N3S/c9-8-11-5-7(12-8)4-10-6-2-1-3-6/h5-6,10H,1-4H2,(H2,9,11). The zero-order valence-electron chi connectivity index (χ0n) is 6.92. The molecule has 2 rings (SSSR count). The molecule has 1 aliphatic rings. The van der Waals surface area contributed by atoms with Crippen molar-refractivity contribution in [1.82, 2.24) is 10.3 Å². The average molecular weight is 183 g/mol. The first-order valence-corrected chi connectivity index (χ1v) is 5.10. The van der Waals surface area contributed by atoms with Crippen LogP contribution in [0.5, 0.6) is 0 Å². The maximum atomic E-state index is 5.51. The summed E-state index contributed by atoms with van der Waals surface area (Å²) in [6.07, 6.45) is 5.89. The number of hydrogen-bond acceptors (Lipinski definition) is 4. The first kappa shape index (κ1) is 8.01. The largest absolute Gasteiger partial charge is 0.375 e. The van der Waals surface area contributed by atoms with Gasteiger partial charge in [-0.3, -0.25) is 0 Å². The highest BCUT2D eigenvalue weighted by atomic mass is 32.1. The Morgan fingerprint density at radius 3 is 3.00 bits per heavy atom. The molecule has 0 amide bonds. The van der Waals surface area contributed by atoms with E-state index in [9.17, 15) is 0 Å². The van der Waals surface area contributed by atoms with E-state index in [1.165, 1.54) is 24.1 Å². The van der Waals surface area contributed by atoms with Crippen LogP contribution in [-0.4, -0.2) is 11.0 Å². The third-order valence-electron chi connectivity index (χ3n) is 2.24. The van der Waals surface area contributed by atoms with E-state index < -0.39 is 0 Å². The van der Waals surface area contributed by atoms with Crippen LogP contribution in [0.1, 0.15) is 24.1 Å². The van der Waals surface area contributed by atoms with Gasteiger partial charge in [0.25, 0.3) is 0 Å². The minimum absolute atomic E-state index is 0.667. The molecule has 3 nitrogen and oxygen atoms in total. The van der Waals surface area contributed by atoms with Crippen LogP contribution in [0.3, 0.4) is 0 Å². The second-order valence-electron chi connectivity index (χ2n) is 3.17. The smallest absolute Gasteiger partial charge is 0.180 e. The fourth-order valence-corrected chi connectivity index (χ4v) is 1.90. The third-order valence-corrected chi connectivity index (χ3v) is 3.07. The minimum atomic E-state index is 0.667. The highest BCUT2D eigenvalue weighted by Crippen LogP contribution is 2.20. The van der Waals surface area contributed by atoms with Crippen molar-refractivity contribution in [2.75, 3.05) is 5.73 Å². The van der Waals surface area contributed by atoms with Gasteiger partial charge in [-0.2, -0.15) is 0 Å². The van der Waals surface area contributed by atoms with Gasteiger partial charge in [-0.1, -0.05) is 6.42 Å². The van der Waals surface area contributed by atoms with E-state index >= 15 is 0 Å². The van der Waals surface area contributed by atoms with Crippen molar-refractivity contribution in [2.45, 2.75) is 31.8 Å². The lowest BCUT2D eigenvalue weighted by Gasteiger charge is -2.26. The summed E-state index contributed by atoms with van der Waals surface area (Å²) >= 11 is 1.57. The molecular formula is C8H13N3S. The van der Waals surface area contributed by atoms with E-state index in [0.29, 0.717) is 5.13 Å². The molecule has 0 spiro atoms. The Balaban J connectivity index is 1.79. The lowest BCUT2D eigenvalue weighted by molar-refractivity contribution is 0.339. The van der Waals surface area contributed by atoms with Gasteiger partial charge in [-0.05, 0) is 12.8 Å². The first-order chi connectivity index (χ1) is 5.84. The lowest BCUT2D eigenvalue weighted by Crippen LogP contribution is -2.34. The van der Waals surface area contributed by atoms with E-state index in [4.69, 9.17) is 5.73 Å². The van der Waals surface area contributed by atoms with Crippen molar-refractivity contribution >= 4 is 16.5 Å². The van der Waals surface area contributed by atoms with Crippen LogP contribution < -0.4 is 11.1 Å². The molecule has 66 valence electrons. The summed E-state index contributed by atoms with van der Waals surface area (Å²) in [6, 6.07) is 0.744. The molecule has 0 bridgehead atoms. The van der Waals surface area contributed by atoms with E-state index in [1.807, 2.05) is 6.20 Å². The minimum Gasteiger partial charge on any atom is -0.375 e. The van der Waals surface area contributed by atoms with Crippen LogP contribution in [0.2, 0.25) is 0 Å². The van der Waals surface area contributed by atoms with Gasteiger partial charge in [0.05, 0.1) is 0 Å². The Labute approximate surface area is 76.0 Å². The number of hydrogen-bond donors (Lipinski definition) is 2. The summed E-state index contributed by atoms with van der Waals surface area (Å²) in [7, 11) is 0. The monoisotopic (exact) mass is 183 g/mol. The maximum absolute atomic E-state index is 5.51. The van der Waals surface area contributed by atoms with Crippen molar-refractivity contribution in [3.63, 3.8) is 0 Å². The molecule has 1 aliphatic carbocycles. The fourth-order valence-electron chi connectivity index (χ4n) is 1.26. The van der Waals surface area contributed by atoms with Crippen LogP contribution in [-0.2, 0) is 6.54 Å². The molecule has 1 saturated carbocycles. The Morgan fingerprint density at radius 2 is 2.50 bits per heavy atom. The van der Waals surface area contributed by atoms with Gasteiger partial charge >= 0.3 is 0 Å². The molecule has 3 N–H and O–H groups in total. The van der Waals surface area contributed by atoms with Gasteiger partial charge in [0.2, 0.25) is 0 Å². The normalized spacial score (nSPS) is 17.7. The Hall–Kier alpha value is -0.610. The third kappa shape index (κ3) is 1.76. The number of nitrogens with zero attached hydrogens (tertiary/aromatic N) is 1. The van der Waals surface area contributed by atoms with E-state index in [2.05, 4.69) is 10.3 Å². The van der Waals surface area contributed by atoms with Crippen LogP contribution in [0.15, 0.2) is 6.20 Å². The number of nitrogens with two attached hydrogens (primary N) is 1. The summed E-state index contributed by atoms with van der Waals surface area (Å²) in [5, 5.41) is 4.13. The molecule has 0 unspecified atom stereocenters. The van der Waals surface area contributed by atoms with Crippen LogP contribution >= 0.6 is 11.3 Å². The zero-order chi connectivity index (χ0) is 8.39. The molecule has 0 saturated heterocycles. The van der Waals surface area contributed by atoms with Crippen LogP contribution in [0.4, 0.5) is 5.13 Å². The first-order valence-electron chi connectivity index (χ1n) is 4.28. The number of aromatic nitrogens is 1. The number of thiazole rings is 1. The van der Waals surface area contributed by atoms with Crippen LogP contribution in [0.25, 0.3) is 0 Å². The molecule has 12 heavy (non-hydrogen) atoms. The van der Waals surface area contributed by atoms with Gasteiger partial charge in [0.1, 0.15) is 0 Å². The van der Waals surface area contributed by atoms with Gasteiger partial charge in [0, 0.05) is 23.7 Å². The predicted octanol–water partition coefficient (Wildman–Crippen LogP) is 1.37. The van der Waals surface area contributed by atoms with Crippen molar-refractivity contribution in [3.05, 3.63) is 11.1 Å². The zero-order valence-corrected chi connectivity index (χ0v) is 7.73. The van der Waals surface area contributed by atoms with Gasteiger partial charge < -0.3 is 11.1 Å². The van der Waals surface area contributed by atoms with Crippen molar-refractivity contribution in [1.29, 1.82) is 0 Å². The lowest BCUT2D eigenvalue weighted by atomic mass is 9.93. The summed E-state index contributed by atoms with van der Waals surface area (Å²) in [5.74, 6) is 0. The summed E-state index contributed by atoms with van der Waals surface area (Å²) in [6.45, 7) is 0.930. The number of rotatable bonds is 3. The van der Waals surface area contributed by atoms with Crippen molar-refractivity contribution < 1.29 is 0 Å². The molecule has 1 aromatic heterocycles. The average Bonchev–Trinajstić information content (AvgIpc) is 2.32. The Bertz CT molecular complexity index is 255. The van der Waals surface area contributed by atoms with Gasteiger partial charge in [0.15, 0.2) is 5.13 Å². The predicted molar refractivity (Wildman–Crippen MR) is 51.0 cm³/mol. The fraction of sp³-hybridized carbons (Fsp3) is 0.625. The van der Waals surface area contributed by atoms with Gasteiger partial charge in [-0.25, -0.2) is 4.98 Å². The quantitative estimate of drug-likeness (QED) is 0.744. The second kappa shape index (κ2) is 3.41. The summed E-state index contributed by atoms with van der Waals surface area (Å²) < 4.78 is 0. The second-order valence-corrected chi connectivity index (χ2v) is 4.32. The molecular weight excluding hydrogens is 170 g/mol. The van der Waals surface area contributed by atoms with Crippen molar-refractivity contribution in [2.24, 2.45) is 0 Å². The molecule has 1 aromatic rings. The number of anilines is 1. The molecule has 4 heteroatoms. The number of nitrogens with one attached hydrogen (secondary N) is 1. The van der Waals surface area contributed by atoms with Crippen molar-refractivity contribution in [3.8, 4) is 0 Å².